The molecule has 0 atom stereocenters. The Balaban J connectivity index is 1.49. The number of halogens is 1. The Morgan fingerprint density at radius 1 is 1.14 bits per heavy atom. The van der Waals surface area contributed by atoms with Crippen molar-refractivity contribution < 1.29 is 22.1 Å². The Hall–Kier alpha value is -3.30. The van der Waals surface area contributed by atoms with Gasteiger partial charge in [-0.25, -0.2) is 12.8 Å². The summed E-state index contributed by atoms with van der Waals surface area (Å²) in [5, 5.41) is 3.84. The normalized spacial score (nSPS) is 15.4. The van der Waals surface area contributed by atoms with Gasteiger partial charge in [0.2, 0.25) is 15.9 Å². The second-order valence-corrected chi connectivity index (χ2v) is 10.8. The highest BCUT2D eigenvalue weighted by molar-refractivity contribution is 7.89. The van der Waals surface area contributed by atoms with Gasteiger partial charge in [-0.1, -0.05) is 35.5 Å². The second kappa shape index (κ2) is 10.8. The molecule has 1 aliphatic rings. The number of hydrogen-bond acceptors (Lipinski definition) is 5. The molecule has 7 nitrogen and oxygen atoms in total. The maximum Gasteiger partial charge on any atom is 0.248 e. The summed E-state index contributed by atoms with van der Waals surface area (Å²) in [6.07, 6.45) is 3.72. The quantitative estimate of drug-likeness (QED) is 0.443. The van der Waals surface area contributed by atoms with E-state index in [0.29, 0.717) is 24.9 Å². The highest BCUT2D eigenvalue weighted by Crippen LogP contribution is 2.31. The smallest absolute Gasteiger partial charge is 0.248 e. The minimum absolute atomic E-state index is 0.00909. The monoisotopic (exact) mass is 511 g/mol. The van der Waals surface area contributed by atoms with Gasteiger partial charge in [-0.05, 0) is 69.5 Å². The molecule has 0 radical (unpaired) electrons. The first-order valence-electron chi connectivity index (χ1n) is 12.0. The van der Waals surface area contributed by atoms with Crippen LogP contribution in [0.1, 0.15) is 42.3 Å². The van der Waals surface area contributed by atoms with Crippen molar-refractivity contribution in [3.05, 3.63) is 76.9 Å². The van der Waals surface area contributed by atoms with Crippen LogP contribution in [0.5, 0.6) is 0 Å². The van der Waals surface area contributed by atoms with Crippen molar-refractivity contribution >= 4 is 33.8 Å². The number of sulfonamides is 1. The van der Waals surface area contributed by atoms with Crippen molar-refractivity contribution in [3.8, 4) is 0 Å². The van der Waals surface area contributed by atoms with Gasteiger partial charge in [0.05, 0.1) is 0 Å². The molecule has 1 saturated heterocycles. The van der Waals surface area contributed by atoms with Crippen LogP contribution in [-0.4, -0.2) is 43.4 Å². The molecule has 9 heteroatoms. The third-order valence-corrected chi connectivity index (χ3v) is 8.51. The van der Waals surface area contributed by atoms with E-state index in [1.807, 2.05) is 38.1 Å². The molecule has 0 spiro atoms. The van der Waals surface area contributed by atoms with Crippen LogP contribution in [0.2, 0.25) is 0 Å². The number of aromatic nitrogens is 1. The Bertz CT molecular complexity index is 1380. The van der Waals surface area contributed by atoms with Gasteiger partial charge in [0, 0.05) is 36.8 Å². The van der Waals surface area contributed by atoms with E-state index in [-0.39, 0.29) is 41.3 Å². The number of aryl methyl sites for hydroxylation is 2. The van der Waals surface area contributed by atoms with Crippen LogP contribution in [-0.2, 0) is 14.8 Å². The average Bonchev–Trinajstić information content (AvgIpc) is 3.25. The predicted octanol–water partition coefficient (Wildman–Crippen LogP) is 5.05. The van der Waals surface area contributed by atoms with Crippen LogP contribution in [0.3, 0.4) is 0 Å². The molecule has 0 aliphatic carbocycles. The van der Waals surface area contributed by atoms with Gasteiger partial charge < -0.3 is 9.42 Å². The molecule has 1 aromatic heterocycles. The van der Waals surface area contributed by atoms with Crippen molar-refractivity contribution in [2.24, 2.45) is 5.92 Å². The number of carbonyl (C=O) groups excluding carboxylic acids is 1. The largest absolute Gasteiger partial charge is 0.355 e. The van der Waals surface area contributed by atoms with Crippen molar-refractivity contribution in [1.82, 2.24) is 9.46 Å². The number of anilines is 1. The topological polar surface area (TPSA) is 83.7 Å². The van der Waals surface area contributed by atoms with Gasteiger partial charge in [-0.15, -0.1) is 0 Å². The van der Waals surface area contributed by atoms with E-state index in [0.717, 1.165) is 11.3 Å². The number of hydrogen-bond donors (Lipinski definition) is 0. The van der Waals surface area contributed by atoms with Gasteiger partial charge >= 0.3 is 0 Å². The molecule has 0 N–H and O–H groups in total. The van der Waals surface area contributed by atoms with Crippen molar-refractivity contribution in [2.45, 2.75) is 38.5 Å². The number of piperidine rings is 1. The van der Waals surface area contributed by atoms with Crippen LogP contribution in [0.15, 0.2) is 57.9 Å². The Morgan fingerprint density at radius 3 is 2.53 bits per heavy atom. The first kappa shape index (κ1) is 25.8. The Kier molecular flexibility index (Phi) is 7.70. The summed E-state index contributed by atoms with van der Waals surface area (Å²) in [4.78, 5) is 15.0. The molecule has 4 rings (SSSR count). The SMILES string of the molecule is CCN(C(=O)C1CCN(S(=O)(=O)c2c(C)noc2/C=C/c2ccccc2F)CC1)c1cccc(C)c1. The second-order valence-electron chi connectivity index (χ2n) is 8.92. The first-order valence-corrected chi connectivity index (χ1v) is 13.4. The molecule has 2 heterocycles. The third-order valence-electron chi connectivity index (χ3n) is 6.45. The summed E-state index contributed by atoms with van der Waals surface area (Å²) >= 11 is 0. The van der Waals surface area contributed by atoms with E-state index in [2.05, 4.69) is 5.16 Å². The van der Waals surface area contributed by atoms with E-state index in [1.165, 1.54) is 22.5 Å². The number of amides is 1. The summed E-state index contributed by atoms with van der Waals surface area (Å²) in [7, 11) is -3.92. The summed E-state index contributed by atoms with van der Waals surface area (Å²) < 4.78 is 47.7. The van der Waals surface area contributed by atoms with E-state index < -0.39 is 15.8 Å². The fraction of sp³-hybridized carbons (Fsp3) is 0.333. The summed E-state index contributed by atoms with van der Waals surface area (Å²) in [5.41, 5.74) is 2.47. The van der Waals surface area contributed by atoms with Gasteiger partial charge in [0.15, 0.2) is 10.7 Å². The van der Waals surface area contributed by atoms with Crippen molar-refractivity contribution in [3.63, 3.8) is 0 Å². The molecule has 0 unspecified atom stereocenters. The molecular formula is C27H30FN3O4S. The van der Waals surface area contributed by atoms with E-state index in [4.69, 9.17) is 4.52 Å². The van der Waals surface area contributed by atoms with E-state index in [1.54, 1.807) is 30.0 Å². The number of nitrogens with zero attached hydrogens (tertiary/aromatic N) is 3. The minimum Gasteiger partial charge on any atom is -0.355 e. The average molecular weight is 512 g/mol. The molecule has 3 aromatic rings. The van der Waals surface area contributed by atoms with Crippen molar-refractivity contribution in [2.75, 3.05) is 24.5 Å². The maximum absolute atomic E-state index is 14.0. The lowest BCUT2D eigenvalue weighted by atomic mass is 9.96. The molecule has 0 bridgehead atoms. The fourth-order valence-corrected chi connectivity index (χ4v) is 6.25. The van der Waals surface area contributed by atoms with Crippen LogP contribution >= 0.6 is 0 Å². The molecular weight excluding hydrogens is 481 g/mol. The molecule has 2 aromatic carbocycles. The summed E-state index contributed by atoms with van der Waals surface area (Å²) in [5.74, 6) is -0.630. The standard InChI is InChI=1S/C27H30FN3O4S/c1-4-31(23-10-7-8-19(2)18-23)27(32)22-14-16-30(17-15-22)36(33,34)26-20(3)29-35-25(26)13-12-21-9-5-6-11-24(21)28/h5-13,18,22H,4,14-17H2,1-3H3/b13-12+. The molecule has 1 aliphatic heterocycles. The predicted molar refractivity (Wildman–Crippen MR) is 137 cm³/mol. The lowest BCUT2D eigenvalue weighted by Crippen LogP contribution is -2.44. The summed E-state index contributed by atoms with van der Waals surface area (Å²) in [6, 6.07) is 14.0. The van der Waals surface area contributed by atoms with Crippen molar-refractivity contribution in [1.29, 1.82) is 0 Å². The zero-order chi connectivity index (χ0) is 25.9. The number of benzene rings is 2. The Labute approximate surface area is 211 Å². The van der Waals surface area contributed by atoms with E-state index >= 15 is 0 Å². The zero-order valence-corrected chi connectivity index (χ0v) is 21.5. The summed E-state index contributed by atoms with van der Waals surface area (Å²) in [6.45, 7) is 6.45. The van der Waals surface area contributed by atoms with Gasteiger partial charge in [0.25, 0.3) is 0 Å². The van der Waals surface area contributed by atoms with Crippen LogP contribution in [0.25, 0.3) is 12.2 Å². The maximum atomic E-state index is 14.0. The highest BCUT2D eigenvalue weighted by atomic mass is 32.2. The van der Waals surface area contributed by atoms with Gasteiger partial charge in [0.1, 0.15) is 11.5 Å². The van der Waals surface area contributed by atoms with E-state index in [9.17, 15) is 17.6 Å². The third kappa shape index (κ3) is 5.27. The number of rotatable bonds is 7. The highest BCUT2D eigenvalue weighted by Gasteiger charge is 2.37. The molecule has 36 heavy (non-hydrogen) atoms. The van der Waals surface area contributed by atoms with Crippen LogP contribution < -0.4 is 4.90 Å². The van der Waals surface area contributed by atoms with Gasteiger partial charge in [-0.3, -0.25) is 4.79 Å². The lowest BCUT2D eigenvalue weighted by Gasteiger charge is -2.33. The minimum atomic E-state index is -3.92. The zero-order valence-electron chi connectivity index (χ0n) is 20.6. The lowest BCUT2D eigenvalue weighted by molar-refractivity contribution is -0.123. The molecule has 190 valence electrons. The first-order chi connectivity index (χ1) is 17.2. The number of carbonyl (C=O) groups is 1. The van der Waals surface area contributed by atoms with Crippen LogP contribution in [0, 0.1) is 25.6 Å². The van der Waals surface area contributed by atoms with Gasteiger partial charge in [-0.2, -0.15) is 4.31 Å². The molecule has 0 saturated carbocycles. The van der Waals surface area contributed by atoms with Crippen LogP contribution in [0.4, 0.5) is 10.1 Å². The molecule has 1 amide bonds. The molecule has 1 fully saturated rings. The Morgan fingerprint density at radius 2 is 1.86 bits per heavy atom. The fourth-order valence-electron chi connectivity index (χ4n) is 4.53.